The third kappa shape index (κ3) is 10.0. The molecule has 1 saturated heterocycles. The lowest BCUT2D eigenvalue weighted by atomic mass is 10.1. The molecule has 154 valence electrons. The second-order valence-corrected chi connectivity index (χ2v) is 7.33. The zero-order valence-corrected chi connectivity index (χ0v) is 16.5. The number of aliphatic hydroxyl groups excluding tert-OH is 3. The van der Waals surface area contributed by atoms with Gasteiger partial charge in [0.15, 0.2) is 0 Å². The summed E-state index contributed by atoms with van der Waals surface area (Å²) in [6, 6.07) is 0. The molecular formula is C21H40O5. The number of allylic oxidation sites excluding steroid dienone is 2. The molecule has 1 aliphatic rings. The van der Waals surface area contributed by atoms with E-state index in [1.54, 1.807) is 0 Å². The highest BCUT2D eigenvalue weighted by Crippen LogP contribution is 2.21. The van der Waals surface area contributed by atoms with Gasteiger partial charge >= 0.3 is 0 Å². The fourth-order valence-corrected chi connectivity index (χ4v) is 3.30. The largest absolute Gasteiger partial charge is 0.394 e. The summed E-state index contributed by atoms with van der Waals surface area (Å²) < 4.78 is 11.0. The molecule has 0 spiro atoms. The van der Waals surface area contributed by atoms with E-state index in [-0.39, 0.29) is 13.2 Å². The molecule has 1 heterocycles. The first kappa shape index (κ1) is 23.6. The van der Waals surface area contributed by atoms with Crippen LogP contribution in [0, 0.1) is 0 Å². The minimum absolute atomic E-state index is 0.149. The van der Waals surface area contributed by atoms with Crippen LogP contribution in [0.3, 0.4) is 0 Å². The van der Waals surface area contributed by atoms with Crippen molar-refractivity contribution in [2.75, 3.05) is 19.8 Å². The maximum absolute atomic E-state index is 9.86. The Kier molecular flexibility index (Phi) is 14.1. The minimum atomic E-state index is -1.01. The highest BCUT2D eigenvalue weighted by molar-refractivity contribution is 4.89. The fraction of sp³-hybridized carbons (Fsp3) is 0.905. The van der Waals surface area contributed by atoms with E-state index in [4.69, 9.17) is 14.6 Å². The number of unbranched alkanes of at least 4 members (excludes halogenated alkanes) is 9. The van der Waals surface area contributed by atoms with Crippen molar-refractivity contribution in [1.29, 1.82) is 0 Å². The lowest BCUT2D eigenvalue weighted by molar-refractivity contribution is -0.0937. The van der Waals surface area contributed by atoms with E-state index >= 15 is 0 Å². The molecule has 0 amide bonds. The summed E-state index contributed by atoms with van der Waals surface area (Å²) >= 11 is 0. The van der Waals surface area contributed by atoms with Crippen LogP contribution in [0.25, 0.3) is 0 Å². The van der Waals surface area contributed by atoms with Gasteiger partial charge in [-0.1, -0.05) is 57.6 Å². The summed E-state index contributed by atoms with van der Waals surface area (Å²) in [7, 11) is 0. The van der Waals surface area contributed by atoms with Crippen LogP contribution in [0.5, 0.6) is 0 Å². The maximum atomic E-state index is 9.86. The molecule has 0 radical (unpaired) electrons. The van der Waals surface area contributed by atoms with E-state index in [0.717, 1.165) is 25.7 Å². The number of aliphatic hydroxyl groups is 3. The summed E-state index contributed by atoms with van der Waals surface area (Å²) in [5.41, 5.74) is 0. The molecule has 3 N–H and O–H groups in total. The molecule has 1 aliphatic heterocycles. The molecule has 0 bridgehead atoms. The molecule has 0 aromatic carbocycles. The maximum Gasteiger partial charge on any atom is 0.114 e. The van der Waals surface area contributed by atoms with Gasteiger partial charge in [-0.05, 0) is 32.1 Å². The predicted octanol–water partition coefficient (Wildman–Crippen LogP) is 3.35. The van der Waals surface area contributed by atoms with Crippen molar-refractivity contribution in [3.05, 3.63) is 12.2 Å². The molecule has 0 aromatic heterocycles. The number of hydrogen-bond acceptors (Lipinski definition) is 5. The van der Waals surface area contributed by atoms with Gasteiger partial charge in [-0.15, -0.1) is 0 Å². The van der Waals surface area contributed by atoms with Gasteiger partial charge in [-0.3, -0.25) is 0 Å². The van der Waals surface area contributed by atoms with Crippen molar-refractivity contribution >= 4 is 0 Å². The fourth-order valence-electron chi connectivity index (χ4n) is 3.30. The Morgan fingerprint density at radius 1 is 1.00 bits per heavy atom. The van der Waals surface area contributed by atoms with Crippen molar-refractivity contribution in [3.63, 3.8) is 0 Å². The van der Waals surface area contributed by atoms with Crippen molar-refractivity contribution < 1.29 is 24.8 Å². The Labute approximate surface area is 159 Å². The van der Waals surface area contributed by atoms with Crippen LogP contribution in [0.2, 0.25) is 0 Å². The lowest BCUT2D eigenvalue weighted by Crippen LogP contribution is -2.42. The second-order valence-electron chi connectivity index (χ2n) is 7.33. The number of rotatable bonds is 16. The summed E-state index contributed by atoms with van der Waals surface area (Å²) in [5.74, 6) is 0. The van der Waals surface area contributed by atoms with Gasteiger partial charge in [0.2, 0.25) is 0 Å². The SMILES string of the molecule is CCCCCCCC/C=C/CCCCCO[C@@H]1[C@H]([C@H](O)CO)OC[C@@H]1O. The third-order valence-electron chi connectivity index (χ3n) is 4.95. The third-order valence-corrected chi connectivity index (χ3v) is 4.95. The first-order valence-corrected chi connectivity index (χ1v) is 10.6. The molecule has 5 nitrogen and oxygen atoms in total. The highest BCUT2D eigenvalue weighted by Gasteiger charge is 2.40. The minimum Gasteiger partial charge on any atom is -0.394 e. The molecule has 1 fully saturated rings. The predicted molar refractivity (Wildman–Crippen MR) is 104 cm³/mol. The summed E-state index contributed by atoms with van der Waals surface area (Å²) in [4.78, 5) is 0. The summed E-state index contributed by atoms with van der Waals surface area (Å²) in [5, 5.41) is 28.6. The molecular weight excluding hydrogens is 332 g/mol. The Morgan fingerprint density at radius 2 is 1.62 bits per heavy atom. The second kappa shape index (κ2) is 15.6. The average Bonchev–Trinajstić information content (AvgIpc) is 3.02. The van der Waals surface area contributed by atoms with E-state index in [1.165, 1.54) is 44.9 Å². The molecule has 5 heteroatoms. The van der Waals surface area contributed by atoms with Crippen LogP contribution in [-0.4, -0.2) is 59.6 Å². The average molecular weight is 373 g/mol. The molecule has 26 heavy (non-hydrogen) atoms. The monoisotopic (exact) mass is 372 g/mol. The summed E-state index contributed by atoms with van der Waals surface area (Å²) in [6.45, 7) is 2.55. The molecule has 0 aromatic rings. The molecule has 0 saturated carbocycles. The van der Waals surface area contributed by atoms with Crippen LogP contribution < -0.4 is 0 Å². The van der Waals surface area contributed by atoms with Crippen LogP contribution in [0.4, 0.5) is 0 Å². The van der Waals surface area contributed by atoms with Crippen molar-refractivity contribution in [2.24, 2.45) is 0 Å². The first-order valence-electron chi connectivity index (χ1n) is 10.6. The van der Waals surface area contributed by atoms with Gasteiger partial charge in [-0.25, -0.2) is 0 Å². The van der Waals surface area contributed by atoms with E-state index in [0.29, 0.717) is 6.61 Å². The zero-order valence-electron chi connectivity index (χ0n) is 16.5. The molecule has 0 aliphatic carbocycles. The van der Waals surface area contributed by atoms with Crippen LogP contribution in [0.15, 0.2) is 12.2 Å². The van der Waals surface area contributed by atoms with Crippen LogP contribution in [0.1, 0.15) is 77.6 Å². The normalized spacial score (nSPS) is 24.5. The van der Waals surface area contributed by atoms with Crippen molar-refractivity contribution in [1.82, 2.24) is 0 Å². The van der Waals surface area contributed by atoms with Gasteiger partial charge in [0, 0.05) is 6.61 Å². The molecule has 1 rings (SSSR count). The number of hydrogen-bond donors (Lipinski definition) is 3. The van der Waals surface area contributed by atoms with Crippen LogP contribution >= 0.6 is 0 Å². The summed E-state index contributed by atoms with van der Waals surface area (Å²) in [6.07, 6.45) is 15.2. The van der Waals surface area contributed by atoms with E-state index in [1.807, 2.05) is 0 Å². The van der Waals surface area contributed by atoms with Gasteiger partial charge in [0.1, 0.15) is 24.4 Å². The number of ether oxygens (including phenoxy) is 2. The molecule has 0 unspecified atom stereocenters. The van der Waals surface area contributed by atoms with E-state index < -0.39 is 24.4 Å². The quantitative estimate of drug-likeness (QED) is 0.286. The first-order chi connectivity index (χ1) is 12.7. The Balaban J connectivity index is 1.95. The lowest BCUT2D eigenvalue weighted by Gasteiger charge is -2.23. The van der Waals surface area contributed by atoms with Crippen molar-refractivity contribution in [3.8, 4) is 0 Å². The van der Waals surface area contributed by atoms with E-state index in [2.05, 4.69) is 19.1 Å². The topological polar surface area (TPSA) is 79.2 Å². The van der Waals surface area contributed by atoms with Crippen LogP contribution in [-0.2, 0) is 9.47 Å². The molecule has 4 atom stereocenters. The Hall–Kier alpha value is -0.460. The van der Waals surface area contributed by atoms with Gasteiger partial charge < -0.3 is 24.8 Å². The highest BCUT2D eigenvalue weighted by atomic mass is 16.6. The van der Waals surface area contributed by atoms with E-state index in [9.17, 15) is 10.2 Å². The smallest absolute Gasteiger partial charge is 0.114 e. The Morgan fingerprint density at radius 3 is 2.27 bits per heavy atom. The van der Waals surface area contributed by atoms with Gasteiger partial charge in [0.25, 0.3) is 0 Å². The Bertz CT molecular complexity index is 347. The van der Waals surface area contributed by atoms with Gasteiger partial charge in [0.05, 0.1) is 13.2 Å². The van der Waals surface area contributed by atoms with Gasteiger partial charge in [-0.2, -0.15) is 0 Å². The zero-order chi connectivity index (χ0) is 19.0. The standard InChI is InChI=1S/C21H40O5/c1-2-3-4-5-6-7-8-9-10-11-12-13-14-15-25-21-19(24)17-26-20(21)18(23)16-22/h9-10,18-24H,2-8,11-17H2,1H3/b10-9+/t18-,19+,20+,21+/m1/s1. The van der Waals surface area contributed by atoms with Crippen molar-refractivity contribution in [2.45, 2.75) is 102 Å².